The molecule has 0 aliphatic carbocycles. The topological polar surface area (TPSA) is 150 Å². The lowest BCUT2D eigenvalue weighted by Gasteiger charge is -2.08. The van der Waals surface area contributed by atoms with Gasteiger partial charge in [0, 0.05) is 5.69 Å². The van der Waals surface area contributed by atoms with Gasteiger partial charge >= 0.3 is 16.3 Å². The highest BCUT2D eigenvalue weighted by Gasteiger charge is 2.11. The van der Waals surface area contributed by atoms with E-state index in [2.05, 4.69) is 10.5 Å². The van der Waals surface area contributed by atoms with E-state index in [1.54, 1.807) is 12.1 Å². The number of nitrogens with two attached hydrogens (primary N) is 1. The molecular weight excluding hydrogens is 264 g/mol. The minimum absolute atomic E-state index is 0.0132. The van der Waals surface area contributed by atoms with Gasteiger partial charge in [0.25, 0.3) is 0 Å². The van der Waals surface area contributed by atoms with Gasteiger partial charge < -0.3 is 15.5 Å². The van der Waals surface area contributed by atoms with E-state index in [0.29, 0.717) is 0 Å². The van der Waals surface area contributed by atoms with Gasteiger partial charge in [-0.05, 0) is 12.1 Å². The molecule has 102 valence electrons. The molecule has 0 saturated heterocycles. The molecule has 1 aromatic rings. The molecule has 0 amide bonds. The second kappa shape index (κ2) is 7.61. The largest absolute Gasteiger partial charge is 0.479 e. The first-order valence-corrected chi connectivity index (χ1v) is 6.15. The second-order valence-electron chi connectivity index (χ2n) is 3.12. The summed E-state index contributed by atoms with van der Waals surface area (Å²) in [6.45, 7) is 0.0132. The predicted molar refractivity (Wildman–Crippen MR) is 64.3 cm³/mol. The van der Waals surface area contributed by atoms with Crippen molar-refractivity contribution in [1.29, 1.82) is 0 Å². The number of aliphatic hydroxyl groups is 1. The van der Waals surface area contributed by atoms with Crippen molar-refractivity contribution in [2.45, 2.75) is 6.10 Å². The maximum Gasteiger partial charge on any atom is 0.334 e. The molecule has 0 saturated carbocycles. The van der Waals surface area contributed by atoms with Crippen molar-refractivity contribution < 1.29 is 28.0 Å². The van der Waals surface area contributed by atoms with E-state index in [1.165, 1.54) is 0 Å². The van der Waals surface area contributed by atoms with Crippen LogP contribution >= 0.6 is 0 Å². The quantitative estimate of drug-likeness (QED) is 0.456. The molecule has 0 spiro atoms. The third-order valence-corrected chi connectivity index (χ3v) is 1.56. The summed E-state index contributed by atoms with van der Waals surface area (Å²) in [5.41, 5.74) is 0.794. The van der Waals surface area contributed by atoms with Crippen LogP contribution in [0.1, 0.15) is 0 Å². The molecule has 1 atom stereocenters. The van der Waals surface area contributed by atoms with Crippen molar-refractivity contribution in [3.8, 4) is 0 Å². The molecule has 8 nitrogen and oxygen atoms in total. The summed E-state index contributed by atoms with van der Waals surface area (Å²) in [7, 11) is -4.17. The molecule has 9 heteroatoms. The number of aliphatic hydroxyl groups excluding tert-OH is 1. The number of benzene rings is 1. The van der Waals surface area contributed by atoms with Crippen molar-refractivity contribution in [2.24, 2.45) is 5.14 Å². The van der Waals surface area contributed by atoms with Gasteiger partial charge in [0.2, 0.25) is 0 Å². The van der Waals surface area contributed by atoms with Crippen LogP contribution in [0.2, 0.25) is 0 Å². The third-order valence-electron chi connectivity index (χ3n) is 1.56. The van der Waals surface area contributed by atoms with Gasteiger partial charge in [-0.1, -0.05) is 18.2 Å². The minimum atomic E-state index is -4.17. The van der Waals surface area contributed by atoms with Crippen LogP contribution in [0.4, 0.5) is 5.69 Å². The highest BCUT2D eigenvalue weighted by Crippen LogP contribution is 2.04. The van der Waals surface area contributed by atoms with Crippen LogP contribution in [-0.2, 0) is 15.1 Å². The summed E-state index contributed by atoms with van der Waals surface area (Å²) in [5, 5.41) is 24.0. The number of rotatable bonds is 4. The minimum Gasteiger partial charge on any atom is -0.479 e. The maximum atomic E-state index is 10.2. The van der Waals surface area contributed by atoms with Crippen LogP contribution in [0, 0.1) is 0 Å². The molecule has 6 N–H and O–H groups in total. The van der Waals surface area contributed by atoms with Crippen molar-refractivity contribution in [3.63, 3.8) is 0 Å². The Morgan fingerprint density at radius 3 is 2.17 bits per heavy atom. The van der Waals surface area contributed by atoms with Gasteiger partial charge in [-0.2, -0.15) is 8.42 Å². The van der Waals surface area contributed by atoms with Gasteiger partial charge in [0.1, 0.15) is 0 Å². The van der Waals surface area contributed by atoms with Gasteiger partial charge in [0.05, 0.1) is 6.54 Å². The fraction of sp³-hybridized carbons (Fsp3) is 0.222. The van der Waals surface area contributed by atoms with E-state index in [-0.39, 0.29) is 6.54 Å². The van der Waals surface area contributed by atoms with E-state index in [4.69, 9.17) is 23.2 Å². The van der Waals surface area contributed by atoms with Crippen molar-refractivity contribution in [1.82, 2.24) is 0 Å². The summed E-state index contributed by atoms with van der Waals surface area (Å²) in [4.78, 5) is 10.2. The lowest BCUT2D eigenvalue weighted by atomic mass is 10.3. The first-order chi connectivity index (χ1) is 8.20. The van der Waals surface area contributed by atoms with Gasteiger partial charge in [-0.3, -0.25) is 4.55 Å². The average Bonchev–Trinajstić information content (AvgIpc) is 2.25. The molecule has 18 heavy (non-hydrogen) atoms. The lowest BCUT2D eigenvalue weighted by molar-refractivity contribution is -0.145. The van der Waals surface area contributed by atoms with E-state index < -0.39 is 22.4 Å². The third kappa shape index (κ3) is 10.8. The van der Waals surface area contributed by atoms with Crippen LogP contribution in [0.5, 0.6) is 0 Å². The summed E-state index contributed by atoms with van der Waals surface area (Å²) < 4.78 is 25.2. The Bertz CT molecular complexity index is 453. The molecule has 0 aliphatic rings. The maximum absolute atomic E-state index is 10.2. The fourth-order valence-electron chi connectivity index (χ4n) is 0.858. The van der Waals surface area contributed by atoms with Crippen molar-refractivity contribution >= 4 is 22.0 Å². The Labute approximate surface area is 104 Å². The molecule has 0 aromatic heterocycles. The number of hydrogen-bond acceptors (Lipinski definition) is 5. The molecule has 0 aliphatic heterocycles. The molecular formula is C9H14N2O6S. The number of anilines is 1. The Morgan fingerprint density at radius 2 is 1.78 bits per heavy atom. The zero-order chi connectivity index (χ0) is 14.2. The Kier molecular flexibility index (Phi) is 6.90. The lowest BCUT2D eigenvalue weighted by Crippen LogP contribution is -2.28. The van der Waals surface area contributed by atoms with Crippen molar-refractivity contribution in [3.05, 3.63) is 30.3 Å². The van der Waals surface area contributed by atoms with Gasteiger partial charge in [0.15, 0.2) is 6.10 Å². The number of aliphatic carboxylic acids is 1. The summed E-state index contributed by atoms with van der Waals surface area (Å²) >= 11 is 0. The Hall–Kier alpha value is -1.68. The average molecular weight is 278 g/mol. The number of carboxylic acid groups (broad SMARTS) is 1. The van der Waals surface area contributed by atoms with Crippen LogP contribution in [0.25, 0.3) is 0 Å². The first-order valence-electron chi connectivity index (χ1n) is 4.65. The zero-order valence-corrected chi connectivity index (χ0v) is 10.0. The van der Waals surface area contributed by atoms with Crippen LogP contribution in [0.15, 0.2) is 30.3 Å². The van der Waals surface area contributed by atoms with E-state index >= 15 is 0 Å². The first kappa shape index (κ1) is 16.3. The van der Waals surface area contributed by atoms with Crippen molar-refractivity contribution in [2.75, 3.05) is 11.9 Å². The van der Waals surface area contributed by atoms with Crippen LogP contribution in [0.3, 0.4) is 0 Å². The summed E-state index contributed by atoms with van der Waals surface area (Å²) in [6, 6.07) is 9.12. The number of nitrogens with one attached hydrogen (secondary N) is 1. The van der Waals surface area contributed by atoms with Gasteiger partial charge in [-0.15, -0.1) is 0 Å². The molecule has 1 unspecified atom stereocenters. The molecule has 0 radical (unpaired) electrons. The molecule has 0 heterocycles. The Morgan fingerprint density at radius 1 is 1.33 bits per heavy atom. The monoisotopic (exact) mass is 278 g/mol. The van der Waals surface area contributed by atoms with Crippen LogP contribution in [-0.4, -0.2) is 41.8 Å². The number of hydrogen-bond donors (Lipinski definition) is 5. The van der Waals surface area contributed by atoms with E-state index in [0.717, 1.165) is 5.69 Å². The summed E-state index contributed by atoms with van der Waals surface area (Å²) in [6.07, 6.45) is -1.36. The molecule has 1 aromatic carbocycles. The normalized spacial score (nSPS) is 11.9. The molecule has 1 rings (SSSR count). The SMILES string of the molecule is NS(=O)(=O)O.O=C(O)C(O)CNc1ccccc1. The fourth-order valence-corrected chi connectivity index (χ4v) is 0.858. The highest BCUT2D eigenvalue weighted by atomic mass is 32.2. The molecule has 0 fully saturated rings. The Balaban J connectivity index is 0.000000494. The number of carboxylic acids is 1. The second-order valence-corrected chi connectivity index (χ2v) is 4.15. The predicted octanol–water partition coefficient (Wildman–Crippen LogP) is -0.708. The van der Waals surface area contributed by atoms with E-state index in [9.17, 15) is 4.79 Å². The standard InChI is InChI=1S/C9H11NO3.H3NO3S/c11-8(9(12)13)6-10-7-4-2-1-3-5-7;1-5(2,3)4/h1-5,8,10-11H,6H2,(H,12,13);(H3,1,2,3,4). The number of carbonyl (C=O) groups is 1. The zero-order valence-electron chi connectivity index (χ0n) is 9.22. The number of para-hydroxylation sites is 1. The summed E-state index contributed by atoms with van der Waals surface area (Å²) in [5.74, 6) is -1.22. The smallest absolute Gasteiger partial charge is 0.334 e. The van der Waals surface area contributed by atoms with E-state index in [1.807, 2.05) is 18.2 Å². The highest BCUT2D eigenvalue weighted by molar-refractivity contribution is 7.83. The van der Waals surface area contributed by atoms with Crippen LogP contribution < -0.4 is 10.5 Å². The van der Waals surface area contributed by atoms with Gasteiger partial charge in [-0.25, -0.2) is 9.93 Å². The molecule has 0 bridgehead atoms.